The number of cyclic esters (lactones) is 2. The largest absolute Gasteiger partial charge is 0.386 e. The van der Waals surface area contributed by atoms with E-state index in [1.54, 1.807) is 11.3 Å². The Morgan fingerprint density at radius 1 is 0.824 bits per heavy atom. The smallest absolute Gasteiger partial charge is 0.347 e. The van der Waals surface area contributed by atoms with Crippen molar-refractivity contribution in [2.45, 2.75) is 34.6 Å². The van der Waals surface area contributed by atoms with E-state index in [4.69, 9.17) is 4.74 Å². The van der Waals surface area contributed by atoms with E-state index in [0.29, 0.717) is 11.1 Å². The van der Waals surface area contributed by atoms with Gasteiger partial charge in [-0.2, -0.15) is 0 Å². The summed E-state index contributed by atoms with van der Waals surface area (Å²) in [5, 5.41) is 4.80. The molecular formula is C30H26O3S. The molecule has 0 atom stereocenters. The van der Waals surface area contributed by atoms with E-state index in [1.165, 1.54) is 27.1 Å². The van der Waals surface area contributed by atoms with Gasteiger partial charge in [0.25, 0.3) is 0 Å². The molecule has 0 amide bonds. The lowest BCUT2D eigenvalue weighted by molar-refractivity contribution is -0.149. The molecule has 2 heterocycles. The van der Waals surface area contributed by atoms with Crippen molar-refractivity contribution in [3.05, 3.63) is 87.8 Å². The van der Waals surface area contributed by atoms with Crippen molar-refractivity contribution in [2.75, 3.05) is 0 Å². The lowest BCUT2D eigenvalue weighted by atomic mass is 9.86. The highest BCUT2D eigenvalue weighted by atomic mass is 32.1. The standard InChI is InChI=1S/C30H26O3S/c1-16(2)25(28-26(17(3)4)29(31)33-30(28)32)23-15-24(34-18(23)5)27-21-12-8-6-10-19(21)14-20-11-7-9-13-22(20)27/h6-16H,1-5H3/b28-25-. The van der Waals surface area contributed by atoms with Crippen molar-refractivity contribution < 1.29 is 14.3 Å². The highest BCUT2D eigenvalue weighted by Crippen LogP contribution is 2.45. The highest BCUT2D eigenvalue weighted by molar-refractivity contribution is 7.16. The molecule has 1 aliphatic heterocycles. The number of thiophene rings is 1. The molecule has 0 N–H and O–H groups in total. The number of rotatable bonds is 3. The summed E-state index contributed by atoms with van der Waals surface area (Å²) in [6.07, 6.45) is 0. The molecule has 0 saturated carbocycles. The van der Waals surface area contributed by atoms with Crippen molar-refractivity contribution in [3.8, 4) is 10.4 Å². The van der Waals surface area contributed by atoms with Crippen LogP contribution in [0.15, 0.2) is 77.4 Å². The molecular weight excluding hydrogens is 440 g/mol. The molecule has 0 spiro atoms. The van der Waals surface area contributed by atoms with Crippen LogP contribution < -0.4 is 0 Å². The molecule has 1 fully saturated rings. The molecule has 0 aliphatic carbocycles. The average Bonchev–Trinajstić information content (AvgIpc) is 3.30. The van der Waals surface area contributed by atoms with Crippen LogP contribution in [-0.4, -0.2) is 11.9 Å². The van der Waals surface area contributed by atoms with Gasteiger partial charge in [0.05, 0.1) is 11.1 Å². The molecule has 1 saturated heterocycles. The molecule has 1 aromatic heterocycles. The number of hydrogen-bond donors (Lipinski definition) is 0. The van der Waals surface area contributed by atoms with Crippen molar-refractivity contribution >= 4 is 50.4 Å². The lowest BCUT2D eigenvalue weighted by Crippen LogP contribution is -2.06. The first kappa shape index (κ1) is 22.3. The monoisotopic (exact) mass is 466 g/mol. The third-order valence-corrected chi connectivity index (χ3v) is 7.48. The minimum absolute atomic E-state index is 0.0354. The van der Waals surface area contributed by atoms with Crippen molar-refractivity contribution in [2.24, 2.45) is 5.92 Å². The van der Waals surface area contributed by atoms with Gasteiger partial charge in [-0.25, -0.2) is 9.59 Å². The third-order valence-electron chi connectivity index (χ3n) is 6.42. The van der Waals surface area contributed by atoms with Gasteiger partial charge in [0.1, 0.15) is 0 Å². The fraction of sp³-hybridized carbons (Fsp3) is 0.200. The SMILES string of the molecule is CC(C)=C1C(=O)OC(=O)/C1=C(\c1cc(-c2c3ccccc3cc3ccccc23)sc1C)C(C)C. The zero-order valence-electron chi connectivity index (χ0n) is 20.0. The van der Waals surface area contributed by atoms with Crippen LogP contribution in [0.5, 0.6) is 0 Å². The Morgan fingerprint density at radius 2 is 1.38 bits per heavy atom. The zero-order chi connectivity index (χ0) is 24.1. The van der Waals surface area contributed by atoms with Gasteiger partial charge in [0.15, 0.2) is 0 Å². The van der Waals surface area contributed by atoms with Gasteiger partial charge >= 0.3 is 11.9 Å². The fourth-order valence-electron chi connectivity index (χ4n) is 4.98. The van der Waals surface area contributed by atoms with E-state index in [1.807, 2.05) is 13.8 Å². The van der Waals surface area contributed by atoms with E-state index in [2.05, 4.69) is 81.4 Å². The van der Waals surface area contributed by atoms with Crippen LogP contribution >= 0.6 is 11.3 Å². The van der Waals surface area contributed by atoms with E-state index < -0.39 is 11.9 Å². The molecule has 3 aromatic carbocycles. The molecule has 0 radical (unpaired) electrons. The predicted octanol–water partition coefficient (Wildman–Crippen LogP) is 7.86. The van der Waals surface area contributed by atoms with Gasteiger partial charge in [-0.3, -0.25) is 0 Å². The minimum atomic E-state index is -0.550. The topological polar surface area (TPSA) is 43.4 Å². The number of ether oxygens (including phenoxy) is 1. The second-order valence-electron chi connectivity index (χ2n) is 9.27. The first-order valence-corrected chi connectivity index (χ1v) is 12.3. The summed E-state index contributed by atoms with van der Waals surface area (Å²) in [7, 11) is 0. The maximum absolute atomic E-state index is 12.8. The Labute approximate surface area is 203 Å². The van der Waals surface area contributed by atoms with E-state index >= 15 is 0 Å². The number of hydrogen-bond acceptors (Lipinski definition) is 4. The zero-order valence-corrected chi connectivity index (χ0v) is 20.8. The van der Waals surface area contributed by atoms with Gasteiger partial charge in [0, 0.05) is 15.3 Å². The van der Waals surface area contributed by atoms with Gasteiger partial charge in [-0.05, 0) is 71.5 Å². The van der Waals surface area contributed by atoms with Crippen LogP contribution in [0.4, 0.5) is 0 Å². The lowest BCUT2D eigenvalue weighted by Gasteiger charge is -2.14. The number of benzene rings is 3. The van der Waals surface area contributed by atoms with Crippen LogP contribution in [0.1, 0.15) is 38.1 Å². The quantitative estimate of drug-likeness (QED) is 0.134. The number of carbonyl (C=O) groups excluding carboxylic acids is 2. The predicted molar refractivity (Wildman–Crippen MR) is 141 cm³/mol. The summed E-state index contributed by atoms with van der Waals surface area (Å²) in [6.45, 7) is 9.91. The number of carbonyl (C=O) groups is 2. The second-order valence-corrected chi connectivity index (χ2v) is 10.5. The van der Waals surface area contributed by atoms with Crippen LogP contribution in [0.25, 0.3) is 37.6 Å². The molecule has 1 aliphatic rings. The van der Waals surface area contributed by atoms with E-state index in [-0.39, 0.29) is 5.92 Å². The summed E-state index contributed by atoms with van der Waals surface area (Å²) in [6, 6.07) is 21.3. The summed E-state index contributed by atoms with van der Waals surface area (Å²) < 4.78 is 5.06. The number of allylic oxidation sites excluding steroid dienone is 2. The Balaban J connectivity index is 1.82. The normalized spacial score (nSPS) is 15.5. The summed E-state index contributed by atoms with van der Waals surface area (Å²) >= 11 is 1.73. The van der Waals surface area contributed by atoms with Gasteiger partial charge in [-0.15, -0.1) is 11.3 Å². The van der Waals surface area contributed by atoms with Crippen LogP contribution in [0.2, 0.25) is 0 Å². The Bertz CT molecular complexity index is 1500. The molecule has 4 heteroatoms. The Hall–Kier alpha value is -3.50. The van der Waals surface area contributed by atoms with E-state index in [0.717, 1.165) is 26.5 Å². The van der Waals surface area contributed by atoms with E-state index in [9.17, 15) is 9.59 Å². The molecule has 5 rings (SSSR count). The minimum Gasteiger partial charge on any atom is -0.386 e. The third kappa shape index (κ3) is 3.50. The summed E-state index contributed by atoms with van der Waals surface area (Å²) in [4.78, 5) is 27.6. The molecule has 34 heavy (non-hydrogen) atoms. The first-order valence-electron chi connectivity index (χ1n) is 11.5. The Kier molecular flexibility index (Phi) is 5.49. The molecule has 170 valence electrons. The summed E-state index contributed by atoms with van der Waals surface area (Å²) in [5.74, 6) is -1.06. The highest BCUT2D eigenvalue weighted by Gasteiger charge is 2.38. The first-order chi connectivity index (χ1) is 16.3. The summed E-state index contributed by atoms with van der Waals surface area (Å²) in [5.41, 5.74) is 4.68. The van der Waals surface area contributed by atoms with Gasteiger partial charge < -0.3 is 4.74 Å². The van der Waals surface area contributed by atoms with Crippen molar-refractivity contribution in [1.82, 2.24) is 0 Å². The second kappa shape index (κ2) is 8.37. The van der Waals surface area contributed by atoms with Gasteiger partial charge in [0.2, 0.25) is 0 Å². The van der Waals surface area contributed by atoms with Crippen molar-refractivity contribution in [1.29, 1.82) is 0 Å². The number of esters is 2. The molecule has 0 bridgehead atoms. The number of fused-ring (bicyclic) bond motifs is 2. The molecule has 4 aromatic rings. The Morgan fingerprint density at radius 3 is 1.94 bits per heavy atom. The maximum atomic E-state index is 12.8. The molecule has 0 unspecified atom stereocenters. The van der Waals surface area contributed by atoms with Gasteiger partial charge in [-0.1, -0.05) is 68.0 Å². The average molecular weight is 467 g/mol. The van der Waals surface area contributed by atoms with Crippen LogP contribution in [0, 0.1) is 12.8 Å². The molecule has 3 nitrogen and oxygen atoms in total. The van der Waals surface area contributed by atoms with Crippen LogP contribution in [0.3, 0.4) is 0 Å². The van der Waals surface area contributed by atoms with Crippen molar-refractivity contribution in [3.63, 3.8) is 0 Å². The van der Waals surface area contributed by atoms with Crippen LogP contribution in [-0.2, 0) is 14.3 Å². The number of aryl methyl sites for hydroxylation is 1. The maximum Gasteiger partial charge on any atom is 0.347 e. The fourth-order valence-corrected chi connectivity index (χ4v) is 6.08.